The fraction of sp³-hybridized carbons (Fsp3) is 0.500. The van der Waals surface area contributed by atoms with Crippen molar-refractivity contribution in [3.05, 3.63) is 18.2 Å². The number of anilines is 1. The van der Waals surface area contributed by atoms with Gasteiger partial charge in [-0.25, -0.2) is 0 Å². The first-order chi connectivity index (χ1) is 9.26. The van der Waals surface area contributed by atoms with Gasteiger partial charge in [0.2, 0.25) is 0 Å². The highest BCUT2D eigenvalue weighted by Crippen LogP contribution is 2.28. The number of hydrogen-bond acceptors (Lipinski definition) is 4. The second kappa shape index (κ2) is 6.43. The van der Waals surface area contributed by atoms with Gasteiger partial charge in [-0.1, -0.05) is 19.9 Å². The molecule has 0 saturated carbocycles. The Morgan fingerprint density at radius 2 is 2.11 bits per heavy atom. The van der Waals surface area contributed by atoms with Gasteiger partial charge in [0, 0.05) is 6.54 Å². The van der Waals surface area contributed by atoms with E-state index in [1.165, 1.54) is 0 Å². The van der Waals surface area contributed by atoms with E-state index in [0.717, 1.165) is 49.3 Å². The Bertz CT molecular complexity index is 519. The standard InChI is InChI=1S/C14H22N4O/c1-3-18(4-2)10-6-9-15-14-13-11(16-17-14)7-5-8-12(13)19/h5,7-8,19H,3-4,6,9-10H2,1-2H3,(H2,15,16,17). The topological polar surface area (TPSA) is 64.2 Å². The third-order valence-electron chi connectivity index (χ3n) is 3.41. The van der Waals surface area contributed by atoms with Crippen molar-refractivity contribution < 1.29 is 5.11 Å². The highest BCUT2D eigenvalue weighted by Gasteiger charge is 2.08. The Balaban J connectivity index is 1.92. The molecule has 0 aliphatic carbocycles. The maximum atomic E-state index is 9.85. The lowest BCUT2D eigenvalue weighted by Crippen LogP contribution is -2.25. The van der Waals surface area contributed by atoms with E-state index in [0.29, 0.717) is 0 Å². The number of aromatic hydroxyl groups is 1. The van der Waals surface area contributed by atoms with Gasteiger partial charge in [0.25, 0.3) is 0 Å². The lowest BCUT2D eigenvalue weighted by Gasteiger charge is -2.17. The summed E-state index contributed by atoms with van der Waals surface area (Å²) in [5.74, 6) is 0.991. The summed E-state index contributed by atoms with van der Waals surface area (Å²) < 4.78 is 0. The SMILES string of the molecule is CCN(CC)CCCNc1n[nH]c2cccc(O)c12. The normalized spacial score (nSPS) is 11.3. The molecule has 0 fully saturated rings. The number of aromatic nitrogens is 2. The molecule has 0 atom stereocenters. The summed E-state index contributed by atoms with van der Waals surface area (Å²) in [6, 6.07) is 5.39. The van der Waals surface area contributed by atoms with Gasteiger partial charge in [0.05, 0.1) is 10.9 Å². The fourth-order valence-corrected chi connectivity index (χ4v) is 2.23. The monoisotopic (exact) mass is 262 g/mol. The Morgan fingerprint density at radius 3 is 2.84 bits per heavy atom. The van der Waals surface area contributed by atoms with E-state index in [1.54, 1.807) is 12.1 Å². The van der Waals surface area contributed by atoms with Crippen molar-refractivity contribution in [3.8, 4) is 5.75 Å². The largest absolute Gasteiger partial charge is 0.507 e. The summed E-state index contributed by atoms with van der Waals surface area (Å²) in [5, 5.41) is 21.0. The second-order valence-electron chi connectivity index (χ2n) is 4.58. The Labute approximate surface area is 113 Å². The van der Waals surface area contributed by atoms with Gasteiger partial charge in [0.1, 0.15) is 5.75 Å². The Hall–Kier alpha value is -1.75. The van der Waals surface area contributed by atoms with Crippen LogP contribution in [0, 0.1) is 0 Å². The molecule has 3 N–H and O–H groups in total. The minimum atomic E-state index is 0.262. The highest BCUT2D eigenvalue weighted by molar-refractivity contribution is 5.94. The summed E-state index contributed by atoms with van der Waals surface area (Å²) in [5.41, 5.74) is 0.853. The van der Waals surface area contributed by atoms with E-state index < -0.39 is 0 Å². The van der Waals surface area contributed by atoms with Crippen LogP contribution in [-0.2, 0) is 0 Å². The number of phenolic OH excluding ortho intramolecular Hbond substituents is 1. The average molecular weight is 262 g/mol. The molecule has 0 amide bonds. The zero-order valence-corrected chi connectivity index (χ0v) is 11.6. The quantitative estimate of drug-likeness (QED) is 0.670. The van der Waals surface area contributed by atoms with Crippen molar-refractivity contribution in [2.24, 2.45) is 0 Å². The molecule has 0 aliphatic heterocycles. The van der Waals surface area contributed by atoms with Crippen LogP contribution >= 0.6 is 0 Å². The zero-order chi connectivity index (χ0) is 13.7. The summed E-state index contributed by atoms with van der Waals surface area (Å²) >= 11 is 0. The van der Waals surface area contributed by atoms with Crippen molar-refractivity contribution in [3.63, 3.8) is 0 Å². The summed E-state index contributed by atoms with van der Waals surface area (Å²) in [4.78, 5) is 2.39. The van der Waals surface area contributed by atoms with E-state index in [4.69, 9.17) is 0 Å². The minimum Gasteiger partial charge on any atom is -0.507 e. The first kappa shape index (κ1) is 13.7. The maximum Gasteiger partial charge on any atom is 0.159 e. The Morgan fingerprint density at radius 1 is 1.32 bits per heavy atom. The van der Waals surface area contributed by atoms with Crippen molar-refractivity contribution in [1.82, 2.24) is 15.1 Å². The molecule has 5 heteroatoms. The number of nitrogens with one attached hydrogen (secondary N) is 2. The lowest BCUT2D eigenvalue weighted by atomic mass is 10.2. The van der Waals surface area contributed by atoms with Gasteiger partial charge in [-0.3, -0.25) is 5.10 Å². The molecular weight excluding hydrogens is 240 g/mol. The maximum absolute atomic E-state index is 9.85. The van der Waals surface area contributed by atoms with Crippen LogP contribution < -0.4 is 5.32 Å². The third-order valence-corrected chi connectivity index (χ3v) is 3.41. The lowest BCUT2D eigenvalue weighted by molar-refractivity contribution is 0.303. The van der Waals surface area contributed by atoms with Crippen LogP contribution in [-0.4, -0.2) is 46.4 Å². The van der Waals surface area contributed by atoms with Gasteiger partial charge in [0.15, 0.2) is 5.82 Å². The molecule has 0 saturated heterocycles. The smallest absolute Gasteiger partial charge is 0.159 e. The number of aromatic amines is 1. The summed E-state index contributed by atoms with van der Waals surface area (Å²) in [6.45, 7) is 8.46. The van der Waals surface area contributed by atoms with Crippen LogP contribution in [0.5, 0.6) is 5.75 Å². The fourth-order valence-electron chi connectivity index (χ4n) is 2.23. The number of benzene rings is 1. The van der Waals surface area contributed by atoms with Crippen molar-refractivity contribution in [2.45, 2.75) is 20.3 Å². The van der Waals surface area contributed by atoms with Crippen LogP contribution in [0.1, 0.15) is 20.3 Å². The van der Waals surface area contributed by atoms with Crippen molar-refractivity contribution >= 4 is 16.7 Å². The Kier molecular flexibility index (Phi) is 4.63. The molecule has 1 aromatic carbocycles. The molecule has 104 valence electrons. The van der Waals surface area contributed by atoms with E-state index in [2.05, 4.69) is 34.3 Å². The minimum absolute atomic E-state index is 0.262. The number of phenols is 1. The number of nitrogens with zero attached hydrogens (tertiary/aromatic N) is 2. The molecule has 0 aliphatic rings. The summed E-state index contributed by atoms with van der Waals surface area (Å²) in [6.07, 6.45) is 1.06. The molecule has 0 unspecified atom stereocenters. The van der Waals surface area contributed by atoms with Crippen molar-refractivity contribution in [2.75, 3.05) is 31.5 Å². The first-order valence-electron chi connectivity index (χ1n) is 6.88. The molecule has 1 heterocycles. The predicted octanol–water partition coefficient (Wildman–Crippen LogP) is 2.41. The molecule has 0 bridgehead atoms. The third kappa shape index (κ3) is 3.17. The number of H-pyrrole nitrogens is 1. The predicted molar refractivity (Wildman–Crippen MR) is 78.7 cm³/mol. The number of fused-ring (bicyclic) bond motifs is 1. The number of hydrogen-bond donors (Lipinski definition) is 3. The van der Waals surface area contributed by atoms with Crippen LogP contribution in [0.3, 0.4) is 0 Å². The van der Waals surface area contributed by atoms with Crippen LogP contribution in [0.25, 0.3) is 10.9 Å². The van der Waals surface area contributed by atoms with Gasteiger partial charge in [-0.15, -0.1) is 0 Å². The zero-order valence-electron chi connectivity index (χ0n) is 11.6. The molecule has 2 rings (SSSR count). The van der Waals surface area contributed by atoms with E-state index in [9.17, 15) is 5.11 Å². The molecule has 5 nitrogen and oxygen atoms in total. The van der Waals surface area contributed by atoms with Gasteiger partial charge in [-0.05, 0) is 38.2 Å². The molecule has 1 aromatic heterocycles. The number of rotatable bonds is 7. The second-order valence-corrected chi connectivity index (χ2v) is 4.58. The van der Waals surface area contributed by atoms with E-state index >= 15 is 0 Å². The molecule has 2 aromatic rings. The molecule has 0 spiro atoms. The van der Waals surface area contributed by atoms with Gasteiger partial charge >= 0.3 is 0 Å². The summed E-state index contributed by atoms with van der Waals surface area (Å²) in [7, 11) is 0. The average Bonchev–Trinajstić information content (AvgIpc) is 2.84. The van der Waals surface area contributed by atoms with Gasteiger partial charge < -0.3 is 15.3 Å². The highest BCUT2D eigenvalue weighted by atomic mass is 16.3. The molecule has 19 heavy (non-hydrogen) atoms. The van der Waals surface area contributed by atoms with Gasteiger partial charge in [-0.2, -0.15) is 5.10 Å². The first-order valence-corrected chi connectivity index (χ1v) is 6.88. The van der Waals surface area contributed by atoms with Crippen molar-refractivity contribution in [1.29, 1.82) is 0 Å². The van der Waals surface area contributed by atoms with Crippen LogP contribution in [0.15, 0.2) is 18.2 Å². The molecule has 0 radical (unpaired) electrons. The van der Waals surface area contributed by atoms with Crippen LogP contribution in [0.2, 0.25) is 0 Å². The van der Waals surface area contributed by atoms with Crippen LogP contribution in [0.4, 0.5) is 5.82 Å². The van der Waals surface area contributed by atoms with E-state index in [-0.39, 0.29) is 5.75 Å². The molecular formula is C14H22N4O. The van der Waals surface area contributed by atoms with E-state index in [1.807, 2.05) is 6.07 Å².